The molecule has 1 aromatic rings. The summed E-state index contributed by atoms with van der Waals surface area (Å²) in [6, 6.07) is 1.90. The topological polar surface area (TPSA) is 53.7 Å². The molecule has 0 bridgehead atoms. The zero-order valence-electron chi connectivity index (χ0n) is 11.6. The van der Waals surface area contributed by atoms with Gasteiger partial charge in [0.05, 0.1) is 24.8 Å². The molecule has 106 valence electrons. The number of halogens is 1. The molecule has 0 saturated heterocycles. The summed E-state index contributed by atoms with van der Waals surface area (Å²) in [5.74, 6) is 2.28. The third-order valence-electron chi connectivity index (χ3n) is 2.88. The lowest BCUT2D eigenvalue weighted by atomic mass is 9.94. The van der Waals surface area contributed by atoms with E-state index in [4.69, 9.17) is 19.9 Å². The van der Waals surface area contributed by atoms with Crippen LogP contribution in [0.2, 0.25) is 0 Å². The molecular weight excluding hydrogens is 310 g/mol. The molecule has 1 aromatic carbocycles. The normalized spacial score (nSPS) is 15.0. The minimum Gasteiger partial charge on any atom is -0.495 e. The van der Waals surface area contributed by atoms with Gasteiger partial charge in [-0.15, -0.1) is 0 Å². The van der Waals surface area contributed by atoms with Crippen LogP contribution in [0.25, 0.3) is 0 Å². The Hall–Kier alpha value is -0.940. The van der Waals surface area contributed by atoms with E-state index in [1.807, 2.05) is 19.9 Å². The van der Waals surface area contributed by atoms with Crippen molar-refractivity contribution in [2.24, 2.45) is 5.73 Å². The van der Waals surface area contributed by atoms with Gasteiger partial charge in [0.15, 0.2) is 11.5 Å². The summed E-state index contributed by atoms with van der Waals surface area (Å²) in [5, 5.41) is 0. The molecule has 0 fully saturated rings. The largest absolute Gasteiger partial charge is 0.495 e. The van der Waals surface area contributed by atoms with Gasteiger partial charge in [-0.1, -0.05) is 0 Å². The monoisotopic (exact) mass is 329 g/mol. The molecule has 2 rings (SSSR count). The van der Waals surface area contributed by atoms with Crippen molar-refractivity contribution in [3.8, 4) is 17.2 Å². The maximum absolute atomic E-state index is 6.15. The van der Waals surface area contributed by atoms with E-state index in [9.17, 15) is 0 Å². The smallest absolute Gasteiger partial charge is 0.168 e. The summed E-state index contributed by atoms with van der Waals surface area (Å²) in [6.45, 7) is 5.28. The fourth-order valence-electron chi connectivity index (χ4n) is 2.16. The number of nitrogens with two attached hydrogens (primary N) is 1. The second-order valence-electron chi connectivity index (χ2n) is 5.41. The number of rotatable bonds is 3. The van der Waals surface area contributed by atoms with Crippen molar-refractivity contribution >= 4 is 15.9 Å². The Balaban J connectivity index is 2.55. The Morgan fingerprint density at radius 2 is 2.05 bits per heavy atom. The van der Waals surface area contributed by atoms with Crippen molar-refractivity contribution in [2.75, 3.05) is 20.3 Å². The number of ether oxygens (including phenoxy) is 3. The Labute approximate surface area is 122 Å². The predicted octanol–water partition coefficient (Wildman–Crippen LogP) is 2.90. The minimum absolute atomic E-state index is 0.350. The number of hydrogen-bond acceptors (Lipinski definition) is 4. The Kier molecular flexibility index (Phi) is 4.26. The molecule has 1 heterocycles. The highest BCUT2D eigenvalue weighted by Gasteiger charge is 2.25. The summed E-state index contributed by atoms with van der Waals surface area (Å²) < 4.78 is 17.9. The lowest BCUT2D eigenvalue weighted by Crippen LogP contribution is -2.34. The first kappa shape index (κ1) is 14.5. The highest BCUT2D eigenvalue weighted by Crippen LogP contribution is 2.45. The molecule has 1 aliphatic heterocycles. The van der Waals surface area contributed by atoms with Gasteiger partial charge < -0.3 is 19.9 Å². The van der Waals surface area contributed by atoms with Crippen LogP contribution in [0, 0.1) is 0 Å². The Morgan fingerprint density at radius 3 is 2.68 bits per heavy atom. The highest BCUT2D eigenvalue weighted by atomic mass is 79.9. The molecule has 19 heavy (non-hydrogen) atoms. The molecule has 0 spiro atoms. The lowest BCUT2D eigenvalue weighted by Gasteiger charge is -2.23. The van der Waals surface area contributed by atoms with E-state index in [0.29, 0.717) is 19.6 Å². The maximum Gasteiger partial charge on any atom is 0.168 e. The average Bonchev–Trinajstić information content (AvgIpc) is 2.52. The molecule has 4 nitrogen and oxygen atoms in total. The average molecular weight is 330 g/mol. The molecule has 0 amide bonds. The van der Waals surface area contributed by atoms with E-state index < -0.39 is 0 Å². The zero-order valence-corrected chi connectivity index (χ0v) is 13.2. The van der Waals surface area contributed by atoms with Crippen LogP contribution in [0.15, 0.2) is 10.5 Å². The summed E-state index contributed by atoms with van der Waals surface area (Å²) >= 11 is 3.52. The first-order chi connectivity index (χ1) is 8.92. The van der Waals surface area contributed by atoms with Crippen molar-refractivity contribution in [3.63, 3.8) is 0 Å². The first-order valence-electron chi connectivity index (χ1n) is 6.36. The van der Waals surface area contributed by atoms with Crippen LogP contribution in [0.4, 0.5) is 0 Å². The fraction of sp³-hybridized carbons (Fsp3) is 0.571. The fourth-order valence-corrected chi connectivity index (χ4v) is 2.77. The van der Waals surface area contributed by atoms with Crippen LogP contribution in [-0.4, -0.2) is 25.9 Å². The molecule has 1 aliphatic rings. The van der Waals surface area contributed by atoms with Gasteiger partial charge in [0.1, 0.15) is 5.75 Å². The highest BCUT2D eigenvalue weighted by molar-refractivity contribution is 9.10. The quantitative estimate of drug-likeness (QED) is 0.926. The van der Waals surface area contributed by atoms with Crippen LogP contribution in [0.5, 0.6) is 17.2 Å². The van der Waals surface area contributed by atoms with Gasteiger partial charge in [-0.25, -0.2) is 0 Å². The van der Waals surface area contributed by atoms with E-state index in [-0.39, 0.29) is 5.54 Å². The van der Waals surface area contributed by atoms with Gasteiger partial charge >= 0.3 is 0 Å². The SMILES string of the molecule is COc1c(Br)cc2c(c1CC(C)(C)N)OCCCO2. The Bertz CT molecular complexity index is 469. The van der Waals surface area contributed by atoms with Crippen molar-refractivity contribution in [3.05, 3.63) is 16.1 Å². The zero-order chi connectivity index (χ0) is 14.0. The second kappa shape index (κ2) is 5.59. The molecule has 0 atom stereocenters. The number of methoxy groups -OCH3 is 1. The van der Waals surface area contributed by atoms with Gasteiger partial charge in [0, 0.05) is 23.6 Å². The van der Waals surface area contributed by atoms with Gasteiger partial charge in [-0.05, 0) is 36.2 Å². The van der Waals surface area contributed by atoms with Crippen LogP contribution in [0.3, 0.4) is 0 Å². The molecule has 0 unspecified atom stereocenters. The molecular formula is C14H20BrNO3. The first-order valence-corrected chi connectivity index (χ1v) is 7.15. The number of hydrogen-bond donors (Lipinski definition) is 1. The predicted molar refractivity (Wildman–Crippen MR) is 78.3 cm³/mol. The van der Waals surface area contributed by atoms with Crippen LogP contribution in [-0.2, 0) is 6.42 Å². The maximum atomic E-state index is 6.15. The summed E-state index contributed by atoms with van der Waals surface area (Å²) in [4.78, 5) is 0. The molecule has 0 aromatic heterocycles. The van der Waals surface area contributed by atoms with Crippen LogP contribution in [0.1, 0.15) is 25.8 Å². The third kappa shape index (κ3) is 3.34. The van der Waals surface area contributed by atoms with Gasteiger partial charge in [-0.2, -0.15) is 0 Å². The summed E-state index contributed by atoms with van der Waals surface area (Å²) in [5.41, 5.74) is 6.76. The van der Waals surface area contributed by atoms with Crippen LogP contribution >= 0.6 is 15.9 Å². The Morgan fingerprint density at radius 1 is 1.37 bits per heavy atom. The molecule has 5 heteroatoms. The molecule has 0 aliphatic carbocycles. The number of fused-ring (bicyclic) bond motifs is 1. The van der Waals surface area contributed by atoms with Gasteiger partial charge in [-0.3, -0.25) is 0 Å². The molecule has 0 radical (unpaired) electrons. The second-order valence-corrected chi connectivity index (χ2v) is 6.27. The van der Waals surface area contributed by atoms with E-state index in [2.05, 4.69) is 15.9 Å². The summed E-state index contributed by atoms with van der Waals surface area (Å²) in [6.07, 6.45) is 1.53. The van der Waals surface area contributed by atoms with Gasteiger partial charge in [0.25, 0.3) is 0 Å². The molecule has 0 saturated carbocycles. The van der Waals surface area contributed by atoms with E-state index in [0.717, 1.165) is 33.7 Å². The molecule has 2 N–H and O–H groups in total. The van der Waals surface area contributed by atoms with Gasteiger partial charge in [0.2, 0.25) is 0 Å². The van der Waals surface area contributed by atoms with Crippen molar-refractivity contribution in [1.82, 2.24) is 0 Å². The van der Waals surface area contributed by atoms with E-state index >= 15 is 0 Å². The minimum atomic E-state index is -0.350. The van der Waals surface area contributed by atoms with Crippen molar-refractivity contribution in [2.45, 2.75) is 32.2 Å². The van der Waals surface area contributed by atoms with Crippen molar-refractivity contribution in [1.29, 1.82) is 0 Å². The van der Waals surface area contributed by atoms with E-state index in [1.165, 1.54) is 0 Å². The lowest BCUT2D eigenvalue weighted by molar-refractivity contribution is 0.294. The van der Waals surface area contributed by atoms with Crippen molar-refractivity contribution < 1.29 is 14.2 Å². The standard InChI is InChI=1S/C14H20BrNO3/c1-14(2,16)8-9-12(17-3)10(15)7-11-13(9)19-6-4-5-18-11/h7H,4-6,8,16H2,1-3H3. The summed E-state index contributed by atoms with van der Waals surface area (Å²) in [7, 11) is 1.65. The van der Waals surface area contributed by atoms with E-state index in [1.54, 1.807) is 7.11 Å². The number of benzene rings is 1. The van der Waals surface area contributed by atoms with Crippen LogP contribution < -0.4 is 19.9 Å². The third-order valence-corrected chi connectivity index (χ3v) is 3.46.